The first-order valence-electron chi connectivity index (χ1n) is 8.17. The third kappa shape index (κ3) is 4.51. The van der Waals surface area contributed by atoms with E-state index >= 15 is 0 Å². The van der Waals surface area contributed by atoms with Gasteiger partial charge < -0.3 is 4.18 Å². The van der Waals surface area contributed by atoms with Crippen molar-refractivity contribution in [3.05, 3.63) is 99.6 Å². The monoisotopic (exact) mass is 383 g/mol. The number of nitro groups is 1. The molecule has 0 spiro atoms. The lowest BCUT2D eigenvalue weighted by Gasteiger charge is -2.08. The molecule has 0 aliphatic heterocycles. The molecule has 0 aromatic heterocycles. The Morgan fingerprint density at radius 3 is 2.19 bits per heavy atom. The Balaban J connectivity index is 1.76. The van der Waals surface area contributed by atoms with Gasteiger partial charge in [-0.15, -0.1) is 0 Å². The van der Waals surface area contributed by atoms with Crippen LogP contribution < -0.4 is 4.18 Å². The van der Waals surface area contributed by atoms with E-state index in [4.69, 9.17) is 4.18 Å². The lowest BCUT2D eigenvalue weighted by Crippen LogP contribution is -2.09. The first-order chi connectivity index (χ1) is 12.8. The van der Waals surface area contributed by atoms with Gasteiger partial charge in [-0.1, -0.05) is 48.0 Å². The number of nitrogens with zero attached hydrogens (tertiary/aromatic N) is 1. The highest BCUT2D eigenvalue weighted by molar-refractivity contribution is 7.87. The smallest absolute Gasteiger partial charge is 0.339 e. The van der Waals surface area contributed by atoms with Gasteiger partial charge >= 0.3 is 10.1 Å². The van der Waals surface area contributed by atoms with Crippen LogP contribution in [-0.4, -0.2) is 13.3 Å². The summed E-state index contributed by atoms with van der Waals surface area (Å²) in [6.45, 7) is 1.87. The number of para-hydroxylation sites is 1. The van der Waals surface area contributed by atoms with Crippen LogP contribution in [0.3, 0.4) is 0 Å². The van der Waals surface area contributed by atoms with Crippen molar-refractivity contribution in [3.8, 4) is 5.75 Å². The van der Waals surface area contributed by atoms with Crippen LogP contribution in [0.1, 0.15) is 16.7 Å². The van der Waals surface area contributed by atoms with Crippen molar-refractivity contribution < 1.29 is 17.5 Å². The second kappa shape index (κ2) is 7.59. The van der Waals surface area contributed by atoms with Crippen LogP contribution in [0.25, 0.3) is 0 Å². The highest BCUT2D eigenvalue weighted by Crippen LogP contribution is 2.24. The van der Waals surface area contributed by atoms with E-state index in [2.05, 4.69) is 0 Å². The van der Waals surface area contributed by atoms with Crippen LogP contribution in [0.2, 0.25) is 0 Å². The first kappa shape index (κ1) is 18.6. The molecule has 0 radical (unpaired) electrons. The van der Waals surface area contributed by atoms with Crippen molar-refractivity contribution in [1.29, 1.82) is 0 Å². The molecule has 0 unspecified atom stereocenters. The van der Waals surface area contributed by atoms with Gasteiger partial charge in [-0.2, -0.15) is 8.42 Å². The van der Waals surface area contributed by atoms with Crippen molar-refractivity contribution in [1.82, 2.24) is 0 Å². The summed E-state index contributed by atoms with van der Waals surface area (Å²) in [5.41, 5.74) is 2.40. The highest BCUT2D eigenvalue weighted by Gasteiger charge is 2.17. The zero-order valence-corrected chi connectivity index (χ0v) is 15.3. The molecule has 0 bridgehead atoms. The molecule has 3 rings (SSSR count). The molecule has 0 atom stereocenters. The van der Waals surface area contributed by atoms with Gasteiger partial charge in [0, 0.05) is 18.1 Å². The average Bonchev–Trinajstić information content (AvgIpc) is 2.64. The predicted molar refractivity (Wildman–Crippen MR) is 101 cm³/mol. The predicted octanol–water partition coefficient (Wildman–Crippen LogP) is 4.26. The quantitative estimate of drug-likeness (QED) is 0.361. The molecule has 6 nitrogen and oxygen atoms in total. The van der Waals surface area contributed by atoms with Gasteiger partial charge in [-0.25, -0.2) is 0 Å². The van der Waals surface area contributed by atoms with Crippen molar-refractivity contribution in [2.75, 3.05) is 0 Å². The van der Waals surface area contributed by atoms with E-state index in [1.54, 1.807) is 42.5 Å². The van der Waals surface area contributed by atoms with Crippen molar-refractivity contribution in [2.24, 2.45) is 0 Å². The summed E-state index contributed by atoms with van der Waals surface area (Å²) >= 11 is 0. The van der Waals surface area contributed by atoms with Crippen LogP contribution in [-0.2, 0) is 16.5 Å². The van der Waals surface area contributed by atoms with E-state index in [1.807, 2.05) is 6.92 Å². The highest BCUT2D eigenvalue weighted by atomic mass is 32.2. The van der Waals surface area contributed by atoms with E-state index in [0.717, 1.165) is 11.1 Å². The van der Waals surface area contributed by atoms with E-state index in [0.29, 0.717) is 12.0 Å². The number of hydrogen-bond donors (Lipinski definition) is 0. The van der Waals surface area contributed by atoms with Gasteiger partial charge in [-0.3, -0.25) is 10.1 Å². The van der Waals surface area contributed by atoms with E-state index < -0.39 is 15.0 Å². The Bertz CT molecular complexity index is 1060. The number of hydrogen-bond acceptors (Lipinski definition) is 5. The maximum atomic E-state index is 12.3. The van der Waals surface area contributed by atoms with Crippen LogP contribution >= 0.6 is 0 Å². The average molecular weight is 383 g/mol. The van der Waals surface area contributed by atoms with Crippen LogP contribution in [0.15, 0.2) is 77.7 Å². The molecule has 0 saturated carbocycles. The fourth-order valence-electron chi connectivity index (χ4n) is 2.60. The molecule has 0 saturated heterocycles. The Hall–Kier alpha value is -3.19. The maximum absolute atomic E-state index is 12.3. The van der Waals surface area contributed by atoms with E-state index in [1.165, 1.54) is 30.3 Å². The normalized spacial score (nSPS) is 11.1. The van der Waals surface area contributed by atoms with Gasteiger partial charge in [0.1, 0.15) is 10.6 Å². The topological polar surface area (TPSA) is 86.5 Å². The molecule has 0 amide bonds. The molecule has 3 aromatic rings. The molecule has 0 N–H and O–H groups in total. The van der Waals surface area contributed by atoms with E-state index in [9.17, 15) is 18.5 Å². The SMILES string of the molecule is Cc1ccc(S(=O)(=O)Oc2ccc(Cc3ccccc3[N+](=O)[O-])cc2)cc1. The summed E-state index contributed by atoms with van der Waals surface area (Å²) in [7, 11) is -3.91. The minimum Gasteiger partial charge on any atom is -0.379 e. The lowest BCUT2D eigenvalue weighted by molar-refractivity contribution is -0.385. The summed E-state index contributed by atoms with van der Waals surface area (Å²) in [4.78, 5) is 10.8. The molecular weight excluding hydrogens is 366 g/mol. The Morgan fingerprint density at radius 2 is 1.56 bits per heavy atom. The van der Waals surface area contributed by atoms with Gasteiger partial charge in [0.05, 0.1) is 4.92 Å². The summed E-state index contributed by atoms with van der Waals surface area (Å²) in [6.07, 6.45) is 0.363. The molecule has 27 heavy (non-hydrogen) atoms. The lowest BCUT2D eigenvalue weighted by atomic mass is 10.0. The molecule has 0 fully saturated rings. The first-order valence-corrected chi connectivity index (χ1v) is 9.58. The van der Waals surface area contributed by atoms with Gasteiger partial charge in [0.25, 0.3) is 5.69 Å². The third-order valence-corrected chi connectivity index (χ3v) is 5.28. The molecule has 3 aromatic carbocycles. The summed E-state index contributed by atoms with van der Waals surface area (Å²) in [5.74, 6) is 0.182. The molecular formula is C20H17NO5S. The van der Waals surface area contributed by atoms with Crippen molar-refractivity contribution >= 4 is 15.8 Å². The second-order valence-electron chi connectivity index (χ2n) is 6.06. The summed E-state index contributed by atoms with van der Waals surface area (Å²) < 4.78 is 29.8. The summed E-state index contributed by atoms with van der Waals surface area (Å²) in [6, 6.07) is 19.4. The minimum atomic E-state index is -3.91. The fourth-order valence-corrected chi connectivity index (χ4v) is 3.53. The number of aryl methyl sites for hydroxylation is 1. The van der Waals surface area contributed by atoms with Gasteiger partial charge in [0.15, 0.2) is 0 Å². The van der Waals surface area contributed by atoms with Crippen LogP contribution in [0, 0.1) is 17.0 Å². The van der Waals surface area contributed by atoms with Gasteiger partial charge in [0.2, 0.25) is 0 Å². The second-order valence-corrected chi connectivity index (χ2v) is 7.60. The fraction of sp³-hybridized carbons (Fsp3) is 0.100. The van der Waals surface area contributed by atoms with E-state index in [-0.39, 0.29) is 16.3 Å². The minimum absolute atomic E-state index is 0.0553. The van der Waals surface area contributed by atoms with Crippen molar-refractivity contribution in [2.45, 2.75) is 18.2 Å². The molecule has 0 aliphatic carbocycles. The number of rotatable bonds is 6. The van der Waals surface area contributed by atoms with Gasteiger partial charge in [-0.05, 0) is 36.8 Å². The molecule has 7 heteroatoms. The maximum Gasteiger partial charge on any atom is 0.339 e. The Labute approximate surface area is 157 Å². The Kier molecular flexibility index (Phi) is 5.23. The molecule has 0 heterocycles. The zero-order valence-electron chi connectivity index (χ0n) is 14.5. The van der Waals surface area contributed by atoms with Crippen LogP contribution in [0.5, 0.6) is 5.75 Å². The number of nitro benzene ring substituents is 1. The third-order valence-electron chi connectivity index (χ3n) is 4.02. The molecule has 0 aliphatic rings. The largest absolute Gasteiger partial charge is 0.379 e. The Morgan fingerprint density at radius 1 is 0.926 bits per heavy atom. The summed E-state index contributed by atoms with van der Waals surface area (Å²) in [5, 5.41) is 11.1. The zero-order chi connectivity index (χ0) is 19.4. The number of benzene rings is 3. The van der Waals surface area contributed by atoms with Crippen LogP contribution in [0.4, 0.5) is 5.69 Å². The molecule has 138 valence electrons. The van der Waals surface area contributed by atoms with Crippen molar-refractivity contribution in [3.63, 3.8) is 0 Å². The standard InChI is InChI=1S/C20H17NO5S/c1-15-6-12-19(13-7-15)27(24,25)26-18-10-8-16(9-11-18)14-17-4-2-3-5-20(17)21(22)23/h2-13H,14H2,1H3.